The fourth-order valence-electron chi connectivity index (χ4n) is 3.73. The van der Waals surface area contributed by atoms with E-state index in [1.54, 1.807) is 57.2 Å². The van der Waals surface area contributed by atoms with Crippen molar-refractivity contribution in [2.45, 2.75) is 54.7 Å². The number of carboxylic acids is 1. The van der Waals surface area contributed by atoms with E-state index in [4.69, 9.17) is 9.84 Å². The number of nitrogens with one attached hydrogen (secondary N) is 1. The van der Waals surface area contributed by atoms with Gasteiger partial charge in [-0.25, -0.2) is 13.2 Å². The average molecular weight is 542 g/mol. The zero-order valence-corrected chi connectivity index (χ0v) is 22.1. The third-order valence-corrected chi connectivity index (χ3v) is 7.41. The summed E-state index contributed by atoms with van der Waals surface area (Å²) in [6, 6.07) is 16.9. The minimum absolute atomic E-state index is 0.0395. The Labute approximate surface area is 221 Å². The van der Waals surface area contributed by atoms with Crippen molar-refractivity contribution >= 4 is 21.8 Å². The Morgan fingerprint density at radius 2 is 1.55 bits per heavy atom. The Bertz CT molecular complexity index is 1380. The van der Waals surface area contributed by atoms with Gasteiger partial charge in [-0.1, -0.05) is 42.5 Å². The van der Waals surface area contributed by atoms with Crippen molar-refractivity contribution in [3.8, 4) is 5.75 Å². The summed E-state index contributed by atoms with van der Waals surface area (Å²) < 4.78 is 31.4. The first-order chi connectivity index (χ1) is 17.8. The van der Waals surface area contributed by atoms with Crippen LogP contribution in [-0.2, 0) is 25.8 Å². The fraction of sp³-hybridized carbons (Fsp3) is 0.286. The molecule has 0 aliphatic carbocycles. The van der Waals surface area contributed by atoms with E-state index in [2.05, 4.69) is 5.32 Å². The normalized spacial score (nSPS) is 13.5. The summed E-state index contributed by atoms with van der Waals surface area (Å²) in [4.78, 5) is 23.8. The molecule has 38 heavy (non-hydrogen) atoms. The highest BCUT2D eigenvalue weighted by molar-refractivity contribution is 7.91. The number of carboxylic acid groups (broad SMARTS) is 1. The summed E-state index contributed by atoms with van der Waals surface area (Å²) in [6.45, 7) is 5.52. The number of ether oxygens (including phenoxy) is 1. The topological polar surface area (TPSA) is 150 Å². The van der Waals surface area contributed by atoms with Crippen molar-refractivity contribution in [1.82, 2.24) is 5.32 Å². The van der Waals surface area contributed by atoms with Crippen LogP contribution >= 0.6 is 0 Å². The molecular formula is C28H31NO8S. The van der Waals surface area contributed by atoms with Gasteiger partial charge in [0.05, 0.1) is 9.79 Å². The molecule has 4 N–H and O–H groups in total. The maximum atomic E-state index is 13.0. The lowest BCUT2D eigenvalue weighted by molar-refractivity contribution is -0.160. The van der Waals surface area contributed by atoms with E-state index in [9.17, 15) is 28.2 Å². The van der Waals surface area contributed by atoms with Crippen LogP contribution in [0.2, 0.25) is 0 Å². The second-order valence-corrected chi connectivity index (χ2v) is 11.7. The summed E-state index contributed by atoms with van der Waals surface area (Å²) >= 11 is 0. The van der Waals surface area contributed by atoms with E-state index < -0.39 is 50.8 Å². The number of hydrogen-bond acceptors (Lipinski definition) is 8. The van der Waals surface area contributed by atoms with Gasteiger partial charge in [0.1, 0.15) is 29.1 Å². The molecule has 3 rings (SSSR count). The first-order valence-electron chi connectivity index (χ1n) is 11.9. The summed E-state index contributed by atoms with van der Waals surface area (Å²) in [7, 11) is -4.02. The summed E-state index contributed by atoms with van der Waals surface area (Å²) in [5, 5.41) is 32.8. The second kappa shape index (κ2) is 11.8. The molecule has 0 heterocycles. The monoisotopic (exact) mass is 541 g/mol. The van der Waals surface area contributed by atoms with Gasteiger partial charge in [0.15, 0.2) is 0 Å². The smallest absolute Gasteiger partial charge is 0.339 e. The number of benzene rings is 3. The van der Waals surface area contributed by atoms with Gasteiger partial charge in [0, 0.05) is 6.54 Å². The number of aliphatic hydroxyl groups excluding tert-OH is 1. The summed E-state index contributed by atoms with van der Waals surface area (Å²) in [5.74, 6) is -2.56. The molecule has 1 unspecified atom stereocenters. The average Bonchev–Trinajstić information content (AvgIpc) is 2.86. The minimum Gasteiger partial charge on any atom is -0.507 e. The van der Waals surface area contributed by atoms with Crippen LogP contribution in [0.3, 0.4) is 0 Å². The summed E-state index contributed by atoms with van der Waals surface area (Å²) in [6.07, 6.45) is -0.719. The van der Waals surface area contributed by atoms with E-state index in [0.29, 0.717) is 18.5 Å². The lowest BCUT2D eigenvalue weighted by Crippen LogP contribution is -2.46. The molecule has 0 saturated heterocycles. The number of aliphatic hydroxyl groups is 1. The number of carbonyl (C=O) groups excluding carboxylic acids is 1. The minimum atomic E-state index is -4.02. The van der Waals surface area contributed by atoms with E-state index in [0.717, 1.165) is 23.8 Å². The molecule has 0 saturated carbocycles. The molecule has 0 aromatic heterocycles. The van der Waals surface area contributed by atoms with E-state index >= 15 is 0 Å². The lowest BCUT2D eigenvalue weighted by Gasteiger charge is -2.27. The molecule has 3 aromatic carbocycles. The Morgan fingerprint density at radius 1 is 0.947 bits per heavy atom. The van der Waals surface area contributed by atoms with Crippen molar-refractivity contribution in [3.05, 3.63) is 89.5 Å². The number of aromatic hydroxyl groups is 1. The molecule has 3 aromatic rings. The Hall–Kier alpha value is -3.73. The van der Waals surface area contributed by atoms with Gasteiger partial charge in [-0.05, 0) is 68.7 Å². The van der Waals surface area contributed by atoms with Gasteiger partial charge < -0.3 is 25.4 Å². The van der Waals surface area contributed by atoms with E-state index in [1.165, 1.54) is 12.1 Å². The molecule has 202 valence electrons. The number of esters is 1. The van der Waals surface area contributed by atoms with Crippen molar-refractivity contribution in [2.24, 2.45) is 0 Å². The standard InChI is InChI=1S/C28H31NO8S/c1-28(2,3)37-27(34)24(25(31)19-7-5-4-6-8-19)29-16-15-18-9-11-20(12-10-18)38(35,36)21-13-14-23(30)22(17-21)26(32)33/h4-14,17,24-25,29-31H,15-16H2,1-3H3,(H,32,33)/t24?,25-/m1/s1. The molecule has 0 spiro atoms. The molecule has 2 atom stereocenters. The second-order valence-electron chi connectivity index (χ2n) is 9.70. The molecular weight excluding hydrogens is 510 g/mol. The third kappa shape index (κ3) is 7.18. The Balaban J connectivity index is 1.72. The van der Waals surface area contributed by atoms with Gasteiger partial charge in [-0.15, -0.1) is 0 Å². The lowest BCUT2D eigenvalue weighted by atomic mass is 10.0. The zero-order chi connectivity index (χ0) is 28.1. The van der Waals surface area contributed by atoms with E-state index in [-0.39, 0.29) is 9.79 Å². The molecule has 0 aliphatic heterocycles. The van der Waals surface area contributed by atoms with Gasteiger partial charge >= 0.3 is 11.9 Å². The van der Waals surface area contributed by atoms with Crippen molar-refractivity contribution < 1.29 is 38.1 Å². The number of hydrogen-bond donors (Lipinski definition) is 4. The first kappa shape index (κ1) is 28.8. The van der Waals surface area contributed by atoms with Crippen LogP contribution in [0.1, 0.15) is 48.4 Å². The van der Waals surface area contributed by atoms with Crippen LogP contribution in [0.5, 0.6) is 5.75 Å². The van der Waals surface area contributed by atoms with E-state index in [1.807, 2.05) is 6.07 Å². The number of phenols is 1. The van der Waals surface area contributed by atoms with Gasteiger partial charge in [-0.3, -0.25) is 4.79 Å². The van der Waals surface area contributed by atoms with Crippen molar-refractivity contribution in [3.63, 3.8) is 0 Å². The quantitative estimate of drug-likeness (QED) is 0.283. The molecule has 9 nitrogen and oxygen atoms in total. The molecule has 0 bridgehead atoms. The van der Waals surface area contributed by atoms with Crippen LogP contribution in [-0.4, -0.2) is 53.9 Å². The zero-order valence-electron chi connectivity index (χ0n) is 21.3. The predicted molar refractivity (Wildman–Crippen MR) is 140 cm³/mol. The number of sulfone groups is 1. The van der Waals surface area contributed by atoms with Crippen LogP contribution in [0.25, 0.3) is 0 Å². The van der Waals surface area contributed by atoms with Crippen LogP contribution in [0.15, 0.2) is 82.6 Å². The third-order valence-electron chi connectivity index (χ3n) is 5.64. The first-order valence-corrected chi connectivity index (χ1v) is 13.4. The van der Waals surface area contributed by atoms with Gasteiger partial charge in [-0.2, -0.15) is 0 Å². The number of aromatic carboxylic acids is 1. The maximum absolute atomic E-state index is 13.0. The van der Waals surface area contributed by atoms with Crippen LogP contribution < -0.4 is 5.32 Å². The van der Waals surface area contributed by atoms with Crippen LogP contribution in [0.4, 0.5) is 0 Å². The van der Waals surface area contributed by atoms with Gasteiger partial charge in [0.25, 0.3) is 0 Å². The molecule has 0 aliphatic rings. The SMILES string of the molecule is CC(C)(C)OC(=O)C(NCCc1ccc(S(=O)(=O)c2ccc(O)c(C(=O)O)c2)cc1)[C@H](O)c1ccccc1. The fourth-order valence-corrected chi connectivity index (χ4v) is 5.02. The van der Waals surface area contributed by atoms with Crippen LogP contribution in [0, 0.1) is 0 Å². The molecule has 0 radical (unpaired) electrons. The number of carbonyl (C=O) groups is 2. The number of rotatable bonds is 10. The maximum Gasteiger partial charge on any atom is 0.339 e. The van der Waals surface area contributed by atoms with Gasteiger partial charge in [0.2, 0.25) is 9.84 Å². The predicted octanol–water partition coefficient (Wildman–Crippen LogP) is 3.50. The summed E-state index contributed by atoms with van der Waals surface area (Å²) in [5.41, 5.74) is 0.0829. The molecule has 0 amide bonds. The highest BCUT2D eigenvalue weighted by Gasteiger charge is 2.31. The highest BCUT2D eigenvalue weighted by Crippen LogP contribution is 2.26. The highest BCUT2D eigenvalue weighted by atomic mass is 32.2. The Kier molecular flexibility index (Phi) is 8.93. The largest absolute Gasteiger partial charge is 0.507 e. The Morgan fingerprint density at radius 3 is 2.13 bits per heavy atom. The van der Waals surface area contributed by atoms with Crippen molar-refractivity contribution in [1.29, 1.82) is 0 Å². The van der Waals surface area contributed by atoms with Crippen molar-refractivity contribution in [2.75, 3.05) is 6.54 Å². The molecule has 10 heteroatoms. The molecule has 0 fully saturated rings.